The van der Waals surface area contributed by atoms with E-state index in [4.69, 9.17) is 0 Å². The minimum atomic E-state index is 0. The topological polar surface area (TPSA) is 45.2 Å². The number of carbonyl (C=O) groups is 1. The lowest BCUT2D eigenvalue weighted by atomic mass is 9.93. The van der Waals surface area contributed by atoms with Crippen molar-refractivity contribution in [2.75, 3.05) is 26.7 Å². The summed E-state index contributed by atoms with van der Waals surface area (Å²) in [7, 11) is 1.99. The minimum absolute atomic E-state index is 0. The number of amides is 1. The average molecular weight is 380 g/mol. The zero-order chi connectivity index (χ0) is 16.9. The van der Waals surface area contributed by atoms with E-state index >= 15 is 0 Å². The lowest BCUT2D eigenvalue weighted by Crippen LogP contribution is -2.39. The Hall–Kier alpha value is -1.43. The van der Waals surface area contributed by atoms with Gasteiger partial charge in [0.25, 0.3) is 5.91 Å². The number of nitrogens with zero attached hydrogens (tertiary/aromatic N) is 2. The largest absolute Gasteiger partial charge is 0.337 e. The summed E-state index contributed by atoms with van der Waals surface area (Å²) >= 11 is 1.55. The lowest BCUT2D eigenvalue weighted by molar-refractivity contribution is 0.0682. The summed E-state index contributed by atoms with van der Waals surface area (Å²) < 4.78 is 0. The molecular formula is C19H26ClN3OS. The molecule has 2 aromatic rings. The van der Waals surface area contributed by atoms with Crippen LogP contribution in [0, 0.1) is 12.8 Å². The van der Waals surface area contributed by atoms with Crippen molar-refractivity contribution in [2.45, 2.75) is 26.2 Å². The first kappa shape index (κ1) is 19.9. The minimum Gasteiger partial charge on any atom is -0.337 e. The fourth-order valence-electron chi connectivity index (χ4n) is 3.24. The number of nitrogens with one attached hydrogen (secondary N) is 1. The van der Waals surface area contributed by atoms with Gasteiger partial charge in [0.2, 0.25) is 0 Å². The molecule has 1 aliphatic rings. The van der Waals surface area contributed by atoms with Gasteiger partial charge in [-0.3, -0.25) is 4.79 Å². The third kappa shape index (κ3) is 4.81. The number of rotatable bonds is 5. The molecule has 1 fully saturated rings. The van der Waals surface area contributed by atoms with Crippen LogP contribution in [0.3, 0.4) is 0 Å². The van der Waals surface area contributed by atoms with E-state index in [9.17, 15) is 4.79 Å². The van der Waals surface area contributed by atoms with E-state index < -0.39 is 0 Å². The predicted molar refractivity (Wildman–Crippen MR) is 107 cm³/mol. The molecule has 2 heterocycles. The summed E-state index contributed by atoms with van der Waals surface area (Å²) in [4.78, 5) is 19.3. The maximum Gasteiger partial charge on any atom is 0.273 e. The van der Waals surface area contributed by atoms with Crippen molar-refractivity contribution in [3.8, 4) is 10.6 Å². The molecule has 1 N–H and O–H groups in total. The van der Waals surface area contributed by atoms with Crippen molar-refractivity contribution in [3.05, 3.63) is 40.9 Å². The van der Waals surface area contributed by atoms with Crippen LogP contribution >= 0.6 is 23.7 Å². The highest BCUT2D eigenvalue weighted by Gasteiger charge is 2.25. The average Bonchev–Trinajstić information content (AvgIpc) is 3.10. The van der Waals surface area contributed by atoms with Gasteiger partial charge in [-0.2, -0.15) is 0 Å². The molecule has 1 aliphatic heterocycles. The number of halogens is 1. The molecule has 1 amide bonds. The van der Waals surface area contributed by atoms with Crippen LogP contribution in [0.15, 0.2) is 29.6 Å². The van der Waals surface area contributed by atoms with Crippen molar-refractivity contribution < 1.29 is 4.79 Å². The molecule has 1 aromatic carbocycles. The van der Waals surface area contributed by atoms with E-state index in [0.29, 0.717) is 5.69 Å². The second-order valence-electron chi connectivity index (χ2n) is 6.48. The van der Waals surface area contributed by atoms with Crippen molar-refractivity contribution in [3.63, 3.8) is 0 Å². The van der Waals surface area contributed by atoms with Crippen LogP contribution in [0.1, 0.15) is 35.3 Å². The lowest BCUT2D eigenvalue weighted by Gasteiger charge is -2.31. The maximum atomic E-state index is 12.7. The third-order valence-corrected chi connectivity index (χ3v) is 5.68. The van der Waals surface area contributed by atoms with E-state index in [1.807, 2.05) is 29.5 Å². The van der Waals surface area contributed by atoms with Crippen molar-refractivity contribution in [1.82, 2.24) is 15.2 Å². The standard InChI is InChI=1S/C19H25N3OS.ClH/c1-14-5-3-4-6-16(14)18-21-17(13-24-18)19(23)22-11-8-15(9-12-22)7-10-20-2;/h3-6,13,15,20H,7-12H2,1-2H3;1H. The van der Waals surface area contributed by atoms with Gasteiger partial charge in [0.05, 0.1) is 0 Å². The first-order chi connectivity index (χ1) is 11.7. The van der Waals surface area contributed by atoms with E-state index in [2.05, 4.69) is 29.4 Å². The fourth-order valence-corrected chi connectivity index (χ4v) is 4.13. The Morgan fingerprint density at radius 2 is 2.04 bits per heavy atom. The van der Waals surface area contributed by atoms with E-state index in [0.717, 1.165) is 49.0 Å². The highest BCUT2D eigenvalue weighted by atomic mass is 35.5. The molecule has 0 radical (unpaired) electrons. The fraction of sp³-hybridized carbons (Fsp3) is 0.474. The van der Waals surface area contributed by atoms with Crippen LogP contribution in [0.25, 0.3) is 10.6 Å². The van der Waals surface area contributed by atoms with Crippen molar-refractivity contribution in [1.29, 1.82) is 0 Å². The number of hydrogen-bond donors (Lipinski definition) is 1. The van der Waals surface area contributed by atoms with Gasteiger partial charge in [-0.1, -0.05) is 24.3 Å². The number of likely N-dealkylation sites (tertiary alicyclic amines) is 1. The first-order valence-electron chi connectivity index (χ1n) is 8.64. The summed E-state index contributed by atoms with van der Waals surface area (Å²) in [5.41, 5.74) is 2.90. The smallest absolute Gasteiger partial charge is 0.273 e. The predicted octanol–water partition coefficient (Wildman–Crippen LogP) is 4.00. The molecule has 0 bridgehead atoms. The molecule has 3 rings (SSSR count). The summed E-state index contributed by atoms with van der Waals surface area (Å²) in [6, 6.07) is 8.18. The summed E-state index contributed by atoms with van der Waals surface area (Å²) in [6.07, 6.45) is 3.40. The molecule has 0 aliphatic carbocycles. The SMILES string of the molecule is CNCCC1CCN(C(=O)c2csc(-c3ccccc3C)n2)CC1.Cl. The molecule has 1 aromatic heterocycles. The van der Waals surface area contributed by atoms with Gasteiger partial charge in [-0.15, -0.1) is 23.7 Å². The van der Waals surface area contributed by atoms with Crippen LogP contribution in [0.5, 0.6) is 0 Å². The Morgan fingerprint density at radius 1 is 1.32 bits per heavy atom. The number of aromatic nitrogens is 1. The van der Waals surface area contributed by atoms with Crippen LogP contribution in [0.4, 0.5) is 0 Å². The number of aryl methyl sites for hydroxylation is 1. The van der Waals surface area contributed by atoms with Crippen LogP contribution in [0.2, 0.25) is 0 Å². The van der Waals surface area contributed by atoms with E-state index in [-0.39, 0.29) is 18.3 Å². The maximum absolute atomic E-state index is 12.7. The Bertz CT molecular complexity index is 695. The molecule has 1 saturated heterocycles. The van der Waals surface area contributed by atoms with E-state index in [1.54, 1.807) is 11.3 Å². The van der Waals surface area contributed by atoms with E-state index in [1.165, 1.54) is 12.0 Å². The molecular weight excluding hydrogens is 354 g/mol. The molecule has 6 heteroatoms. The number of thiazole rings is 1. The van der Waals surface area contributed by atoms with Gasteiger partial charge < -0.3 is 10.2 Å². The second-order valence-corrected chi connectivity index (χ2v) is 7.34. The first-order valence-corrected chi connectivity index (χ1v) is 9.52. The van der Waals surface area contributed by atoms with Gasteiger partial charge in [0, 0.05) is 24.0 Å². The number of carbonyl (C=O) groups excluding carboxylic acids is 1. The monoisotopic (exact) mass is 379 g/mol. The Morgan fingerprint density at radius 3 is 2.72 bits per heavy atom. The highest BCUT2D eigenvalue weighted by molar-refractivity contribution is 7.13. The molecule has 0 atom stereocenters. The molecule has 0 saturated carbocycles. The molecule has 0 unspecified atom stereocenters. The number of hydrogen-bond acceptors (Lipinski definition) is 4. The molecule has 0 spiro atoms. The van der Waals surface area contributed by atoms with Crippen LogP contribution in [-0.2, 0) is 0 Å². The molecule has 4 nitrogen and oxygen atoms in total. The Kier molecular flexibility index (Phi) is 7.41. The summed E-state index contributed by atoms with van der Waals surface area (Å²) in [5.74, 6) is 0.817. The molecule has 136 valence electrons. The quantitative estimate of drug-likeness (QED) is 0.853. The second kappa shape index (κ2) is 9.32. The van der Waals surface area contributed by atoms with Crippen LogP contribution < -0.4 is 5.32 Å². The highest BCUT2D eigenvalue weighted by Crippen LogP contribution is 2.28. The normalized spacial score (nSPS) is 15.0. The van der Waals surface area contributed by atoms with Crippen LogP contribution in [-0.4, -0.2) is 42.5 Å². The summed E-state index contributed by atoms with van der Waals surface area (Å²) in [6.45, 7) is 4.84. The van der Waals surface area contributed by atoms with Gasteiger partial charge in [-0.25, -0.2) is 4.98 Å². The third-order valence-electron chi connectivity index (χ3n) is 4.80. The number of piperidine rings is 1. The van der Waals surface area contributed by atoms with Gasteiger partial charge in [0.15, 0.2) is 0 Å². The zero-order valence-corrected chi connectivity index (χ0v) is 16.5. The van der Waals surface area contributed by atoms with Crippen molar-refractivity contribution in [2.24, 2.45) is 5.92 Å². The molecule has 25 heavy (non-hydrogen) atoms. The van der Waals surface area contributed by atoms with Gasteiger partial charge in [-0.05, 0) is 51.3 Å². The Balaban J connectivity index is 0.00000225. The van der Waals surface area contributed by atoms with Gasteiger partial charge in [0.1, 0.15) is 10.7 Å². The Labute approximate surface area is 160 Å². The summed E-state index contributed by atoms with van der Waals surface area (Å²) in [5, 5.41) is 6.04. The number of benzene rings is 1. The van der Waals surface area contributed by atoms with Crippen molar-refractivity contribution >= 4 is 29.7 Å². The zero-order valence-electron chi connectivity index (χ0n) is 14.8. The van der Waals surface area contributed by atoms with Gasteiger partial charge >= 0.3 is 0 Å².